The van der Waals surface area contributed by atoms with Gasteiger partial charge in [-0.1, -0.05) is 20.8 Å². The fraction of sp³-hybridized carbons (Fsp3) is 1.00. The highest BCUT2D eigenvalue weighted by Crippen LogP contribution is 2.32. The maximum Gasteiger partial charge on any atom is 0.0278 e. The van der Waals surface area contributed by atoms with Crippen LogP contribution in [0, 0.1) is 11.8 Å². The second-order valence-corrected chi connectivity index (χ2v) is 6.95. The van der Waals surface area contributed by atoms with Gasteiger partial charge in [0.05, 0.1) is 0 Å². The number of piperazine rings is 1. The molecule has 2 heteroatoms. The first-order valence-corrected chi connectivity index (χ1v) is 7.51. The van der Waals surface area contributed by atoms with Gasteiger partial charge in [0, 0.05) is 31.2 Å². The van der Waals surface area contributed by atoms with E-state index in [1.807, 2.05) is 0 Å². The van der Waals surface area contributed by atoms with Gasteiger partial charge in [-0.05, 0) is 44.4 Å². The average molecular weight is 238 g/mol. The van der Waals surface area contributed by atoms with Crippen molar-refractivity contribution in [1.29, 1.82) is 0 Å². The van der Waals surface area contributed by atoms with E-state index < -0.39 is 0 Å². The van der Waals surface area contributed by atoms with Gasteiger partial charge in [0.2, 0.25) is 0 Å². The van der Waals surface area contributed by atoms with E-state index in [1.54, 1.807) is 0 Å². The molecule has 1 aliphatic carbocycles. The third-order valence-electron chi connectivity index (χ3n) is 4.55. The minimum Gasteiger partial charge on any atom is -0.309 e. The fourth-order valence-corrected chi connectivity index (χ4v) is 2.99. The van der Waals surface area contributed by atoms with Crippen LogP contribution in [-0.2, 0) is 0 Å². The Morgan fingerprint density at radius 3 is 2.59 bits per heavy atom. The number of rotatable bonds is 5. The lowest BCUT2D eigenvalue weighted by molar-refractivity contribution is 0.0689. The topological polar surface area (TPSA) is 15.3 Å². The Bertz CT molecular complexity index is 247. The van der Waals surface area contributed by atoms with Crippen LogP contribution in [0.2, 0.25) is 0 Å². The summed E-state index contributed by atoms with van der Waals surface area (Å²) in [5, 5.41) is 3.78. The van der Waals surface area contributed by atoms with Gasteiger partial charge in [-0.2, -0.15) is 0 Å². The third kappa shape index (κ3) is 3.69. The summed E-state index contributed by atoms with van der Waals surface area (Å²) in [6.45, 7) is 13.2. The fourth-order valence-electron chi connectivity index (χ4n) is 2.99. The van der Waals surface area contributed by atoms with E-state index in [4.69, 9.17) is 0 Å². The molecule has 2 aliphatic rings. The summed E-state index contributed by atoms with van der Waals surface area (Å²) in [6, 6.07) is 0.773. The van der Waals surface area contributed by atoms with Gasteiger partial charge in [0.15, 0.2) is 0 Å². The van der Waals surface area contributed by atoms with Crippen molar-refractivity contribution in [3.8, 4) is 0 Å². The first kappa shape index (κ1) is 13.4. The molecule has 0 amide bonds. The smallest absolute Gasteiger partial charge is 0.0278 e. The van der Waals surface area contributed by atoms with Crippen molar-refractivity contribution in [1.82, 2.24) is 10.2 Å². The van der Waals surface area contributed by atoms with Gasteiger partial charge < -0.3 is 5.32 Å². The molecule has 17 heavy (non-hydrogen) atoms. The van der Waals surface area contributed by atoms with Crippen molar-refractivity contribution >= 4 is 0 Å². The van der Waals surface area contributed by atoms with Crippen LogP contribution in [0.15, 0.2) is 0 Å². The predicted octanol–water partition coefficient (Wildman–Crippen LogP) is 2.89. The maximum atomic E-state index is 3.78. The summed E-state index contributed by atoms with van der Waals surface area (Å²) in [7, 11) is 0. The van der Waals surface area contributed by atoms with Crippen molar-refractivity contribution in [2.45, 2.75) is 65.0 Å². The van der Waals surface area contributed by atoms with E-state index in [0.29, 0.717) is 5.54 Å². The van der Waals surface area contributed by atoms with Crippen LogP contribution >= 0.6 is 0 Å². The number of hydrogen-bond acceptors (Lipinski definition) is 2. The Labute approximate surface area is 107 Å². The Kier molecular flexibility index (Phi) is 4.14. The molecule has 0 aromatic heterocycles. The number of nitrogens with zero attached hydrogens (tertiary/aromatic N) is 1. The maximum absolute atomic E-state index is 3.78. The quantitative estimate of drug-likeness (QED) is 0.792. The molecule has 2 atom stereocenters. The summed E-state index contributed by atoms with van der Waals surface area (Å²) < 4.78 is 0. The third-order valence-corrected chi connectivity index (χ3v) is 4.55. The molecule has 0 radical (unpaired) electrons. The van der Waals surface area contributed by atoms with E-state index >= 15 is 0 Å². The molecular formula is C15H30N2. The minimum atomic E-state index is 0.350. The van der Waals surface area contributed by atoms with Gasteiger partial charge in [-0.25, -0.2) is 0 Å². The van der Waals surface area contributed by atoms with Gasteiger partial charge in [-0.15, -0.1) is 0 Å². The summed E-state index contributed by atoms with van der Waals surface area (Å²) in [5.74, 6) is 1.83. The van der Waals surface area contributed by atoms with Crippen LogP contribution < -0.4 is 5.32 Å². The van der Waals surface area contributed by atoms with Gasteiger partial charge in [0.25, 0.3) is 0 Å². The molecule has 2 unspecified atom stereocenters. The van der Waals surface area contributed by atoms with Crippen LogP contribution in [0.1, 0.15) is 53.4 Å². The van der Waals surface area contributed by atoms with Crippen molar-refractivity contribution in [2.24, 2.45) is 11.8 Å². The summed E-state index contributed by atoms with van der Waals surface area (Å²) >= 11 is 0. The van der Waals surface area contributed by atoms with Crippen LogP contribution in [0.3, 0.4) is 0 Å². The Morgan fingerprint density at radius 2 is 2.06 bits per heavy atom. The zero-order chi connectivity index (χ0) is 12.5. The molecule has 1 saturated heterocycles. The highest BCUT2D eigenvalue weighted by molar-refractivity contribution is 4.96. The molecule has 100 valence electrons. The van der Waals surface area contributed by atoms with Crippen molar-refractivity contribution in [2.75, 3.05) is 19.6 Å². The Morgan fingerprint density at radius 1 is 1.35 bits per heavy atom. The second kappa shape index (κ2) is 5.27. The summed E-state index contributed by atoms with van der Waals surface area (Å²) in [6.07, 6.45) is 5.53. The normalized spacial score (nSPS) is 35.5. The van der Waals surface area contributed by atoms with Crippen molar-refractivity contribution in [3.05, 3.63) is 0 Å². The Balaban J connectivity index is 1.95. The summed E-state index contributed by atoms with van der Waals surface area (Å²) in [5.41, 5.74) is 0.350. The van der Waals surface area contributed by atoms with E-state index in [2.05, 4.69) is 37.9 Å². The monoisotopic (exact) mass is 238 g/mol. The van der Waals surface area contributed by atoms with Crippen LogP contribution in [0.5, 0.6) is 0 Å². The minimum absolute atomic E-state index is 0.350. The van der Waals surface area contributed by atoms with E-state index in [1.165, 1.54) is 45.3 Å². The molecule has 0 aromatic carbocycles. The second-order valence-electron chi connectivity index (χ2n) is 6.95. The molecule has 2 nitrogen and oxygen atoms in total. The zero-order valence-corrected chi connectivity index (χ0v) is 12.1. The molecule has 0 bridgehead atoms. The van der Waals surface area contributed by atoms with Crippen LogP contribution in [0.25, 0.3) is 0 Å². The lowest BCUT2D eigenvalue weighted by Crippen LogP contribution is -2.63. The zero-order valence-electron chi connectivity index (χ0n) is 12.1. The highest BCUT2D eigenvalue weighted by atomic mass is 15.3. The molecule has 2 fully saturated rings. The molecular weight excluding hydrogens is 208 g/mol. The van der Waals surface area contributed by atoms with E-state index in [0.717, 1.165) is 17.9 Å². The van der Waals surface area contributed by atoms with Gasteiger partial charge >= 0.3 is 0 Å². The van der Waals surface area contributed by atoms with Gasteiger partial charge in [-0.3, -0.25) is 4.90 Å². The molecule has 1 N–H and O–H groups in total. The first-order valence-electron chi connectivity index (χ1n) is 7.51. The van der Waals surface area contributed by atoms with Crippen LogP contribution in [0.4, 0.5) is 0 Å². The lowest BCUT2D eigenvalue weighted by Gasteiger charge is -2.46. The SMILES string of the molecule is CCC1(C)CN(CC2CC2)C(CC(C)C)CN1. The lowest BCUT2D eigenvalue weighted by atomic mass is 9.90. The standard InChI is InChI=1S/C15H30N2/c1-5-15(4)11-17(10-13-6-7-13)14(9-16-15)8-12(2)3/h12-14,16H,5-11H2,1-4H3. The summed E-state index contributed by atoms with van der Waals surface area (Å²) in [4.78, 5) is 2.79. The molecule has 1 heterocycles. The van der Waals surface area contributed by atoms with Crippen molar-refractivity contribution in [3.63, 3.8) is 0 Å². The molecule has 0 aromatic rings. The molecule has 2 rings (SSSR count). The van der Waals surface area contributed by atoms with E-state index in [9.17, 15) is 0 Å². The van der Waals surface area contributed by atoms with Crippen molar-refractivity contribution < 1.29 is 0 Å². The van der Waals surface area contributed by atoms with Crippen LogP contribution in [-0.4, -0.2) is 36.1 Å². The first-order chi connectivity index (χ1) is 8.02. The largest absolute Gasteiger partial charge is 0.309 e. The van der Waals surface area contributed by atoms with Gasteiger partial charge in [0.1, 0.15) is 0 Å². The molecule has 1 saturated carbocycles. The molecule has 0 spiro atoms. The predicted molar refractivity (Wildman–Crippen MR) is 74.2 cm³/mol. The number of nitrogens with one attached hydrogen (secondary N) is 1. The molecule has 1 aliphatic heterocycles. The highest BCUT2D eigenvalue weighted by Gasteiger charge is 2.37. The van der Waals surface area contributed by atoms with E-state index in [-0.39, 0.29) is 0 Å². The number of hydrogen-bond donors (Lipinski definition) is 1. The average Bonchev–Trinajstić information content (AvgIpc) is 3.06. The Hall–Kier alpha value is -0.0800.